The van der Waals surface area contributed by atoms with Crippen LogP contribution in [-0.4, -0.2) is 31.9 Å². The average Bonchev–Trinajstić information content (AvgIpc) is 2.39. The lowest BCUT2D eigenvalue weighted by atomic mass is 10.1. The van der Waals surface area contributed by atoms with E-state index in [0.717, 1.165) is 0 Å². The molecule has 1 aliphatic rings. The Labute approximate surface area is 117 Å². The topological polar surface area (TPSA) is 87.2 Å². The van der Waals surface area contributed by atoms with Crippen LogP contribution in [0.2, 0.25) is 5.02 Å². The highest BCUT2D eigenvalue weighted by atomic mass is 35.5. The Kier molecular flexibility index (Phi) is 4.11. The summed E-state index contributed by atoms with van der Waals surface area (Å²) in [5, 5.41) is 9.22. The van der Waals surface area contributed by atoms with Crippen molar-refractivity contribution in [1.82, 2.24) is 4.31 Å². The summed E-state index contributed by atoms with van der Waals surface area (Å²) < 4.78 is 26.4. The second-order valence-electron chi connectivity index (χ2n) is 4.47. The number of nitrogens with two attached hydrogens (primary N) is 1. The molecular formula is C12H14ClN3O2S. The fourth-order valence-electron chi connectivity index (χ4n) is 2.08. The Balaban J connectivity index is 2.41. The molecule has 1 aromatic carbocycles. The second-order valence-corrected chi connectivity index (χ2v) is 6.78. The molecule has 102 valence electrons. The Bertz CT molecular complexity index is 616. The first kappa shape index (κ1) is 14.3. The predicted octanol–water partition coefficient (Wildman–Crippen LogP) is 1.32. The van der Waals surface area contributed by atoms with Gasteiger partial charge < -0.3 is 5.73 Å². The van der Waals surface area contributed by atoms with E-state index in [1.54, 1.807) is 0 Å². The molecule has 0 spiro atoms. The average molecular weight is 300 g/mol. The van der Waals surface area contributed by atoms with Crippen molar-refractivity contribution in [2.75, 3.05) is 13.1 Å². The molecule has 1 aromatic rings. The van der Waals surface area contributed by atoms with E-state index < -0.39 is 10.0 Å². The maximum absolute atomic E-state index is 12.5. The summed E-state index contributed by atoms with van der Waals surface area (Å²) in [5.41, 5.74) is 5.76. The number of hydrogen-bond acceptors (Lipinski definition) is 4. The zero-order chi connectivity index (χ0) is 14.0. The van der Waals surface area contributed by atoms with Gasteiger partial charge in [0, 0.05) is 19.1 Å². The van der Waals surface area contributed by atoms with Crippen molar-refractivity contribution in [2.24, 2.45) is 5.73 Å². The van der Waals surface area contributed by atoms with Crippen molar-refractivity contribution in [3.05, 3.63) is 28.8 Å². The maximum atomic E-state index is 12.5. The number of piperidine rings is 1. The lowest BCUT2D eigenvalue weighted by Crippen LogP contribution is -2.42. The molecule has 2 rings (SSSR count). The van der Waals surface area contributed by atoms with Crippen LogP contribution < -0.4 is 5.73 Å². The first-order chi connectivity index (χ1) is 8.96. The van der Waals surface area contributed by atoms with Gasteiger partial charge in [-0.2, -0.15) is 9.57 Å². The van der Waals surface area contributed by atoms with Gasteiger partial charge >= 0.3 is 0 Å². The minimum Gasteiger partial charge on any atom is -0.328 e. The fourth-order valence-corrected chi connectivity index (χ4v) is 3.99. The van der Waals surface area contributed by atoms with Gasteiger partial charge in [0.2, 0.25) is 10.0 Å². The van der Waals surface area contributed by atoms with Gasteiger partial charge in [0.05, 0.1) is 10.6 Å². The van der Waals surface area contributed by atoms with E-state index in [2.05, 4.69) is 0 Å². The highest BCUT2D eigenvalue weighted by Crippen LogP contribution is 2.27. The largest absolute Gasteiger partial charge is 0.328 e. The number of rotatable bonds is 2. The van der Waals surface area contributed by atoms with Crippen molar-refractivity contribution in [2.45, 2.75) is 23.8 Å². The molecule has 0 saturated carbocycles. The summed E-state index contributed by atoms with van der Waals surface area (Å²) in [5.74, 6) is 0. The molecule has 0 atom stereocenters. The van der Waals surface area contributed by atoms with Gasteiger partial charge in [0.15, 0.2) is 0 Å². The molecule has 1 heterocycles. The molecular weight excluding hydrogens is 286 g/mol. The van der Waals surface area contributed by atoms with Crippen molar-refractivity contribution in [3.63, 3.8) is 0 Å². The molecule has 0 radical (unpaired) electrons. The zero-order valence-electron chi connectivity index (χ0n) is 10.2. The normalized spacial score (nSPS) is 18.2. The van der Waals surface area contributed by atoms with Gasteiger partial charge in [-0.05, 0) is 25.0 Å². The van der Waals surface area contributed by atoms with Gasteiger partial charge in [-0.1, -0.05) is 17.7 Å². The number of nitrogens with zero attached hydrogens (tertiary/aromatic N) is 2. The molecule has 0 aliphatic carbocycles. The number of nitriles is 1. The molecule has 1 aliphatic heterocycles. The van der Waals surface area contributed by atoms with E-state index in [0.29, 0.717) is 25.9 Å². The van der Waals surface area contributed by atoms with E-state index in [-0.39, 0.29) is 21.5 Å². The summed E-state index contributed by atoms with van der Waals surface area (Å²) in [6, 6.07) is 6.35. The summed E-state index contributed by atoms with van der Waals surface area (Å²) in [4.78, 5) is -0.0297. The van der Waals surface area contributed by atoms with E-state index in [1.165, 1.54) is 22.5 Å². The molecule has 7 heteroatoms. The molecule has 1 saturated heterocycles. The van der Waals surface area contributed by atoms with E-state index in [1.807, 2.05) is 6.07 Å². The highest BCUT2D eigenvalue weighted by molar-refractivity contribution is 7.89. The van der Waals surface area contributed by atoms with E-state index in [4.69, 9.17) is 22.6 Å². The molecule has 2 N–H and O–H groups in total. The summed E-state index contributed by atoms with van der Waals surface area (Å²) in [6.07, 6.45) is 1.25. The lowest BCUT2D eigenvalue weighted by molar-refractivity contribution is 0.320. The number of sulfonamides is 1. The highest BCUT2D eigenvalue weighted by Gasteiger charge is 2.30. The SMILES string of the molecule is N#Cc1c(Cl)cccc1S(=O)(=O)N1CCC(N)CC1. The zero-order valence-corrected chi connectivity index (χ0v) is 11.8. The quantitative estimate of drug-likeness (QED) is 0.892. The second kappa shape index (κ2) is 5.47. The van der Waals surface area contributed by atoms with Gasteiger partial charge in [-0.15, -0.1) is 0 Å². The van der Waals surface area contributed by atoms with Gasteiger partial charge in [-0.3, -0.25) is 0 Å². The van der Waals surface area contributed by atoms with E-state index >= 15 is 0 Å². The van der Waals surface area contributed by atoms with Crippen LogP contribution in [0.1, 0.15) is 18.4 Å². The smallest absolute Gasteiger partial charge is 0.244 e. The third-order valence-corrected chi connectivity index (χ3v) is 5.46. The number of halogens is 1. The molecule has 0 aromatic heterocycles. The molecule has 0 amide bonds. The van der Waals surface area contributed by atoms with Crippen LogP contribution in [0.4, 0.5) is 0 Å². The first-order valence-electron chi connectivity index (χ1n) is 5.91. The van der Waals surface area contributed by atoms with Crippen LogP contribution in [0.3, 0.4) is 0 Å². The maximum Gasteiger partial charge on any atom is 0.244 e. The molecule has 0 bridgehead atoms. The Morgan fingerprint density at radius 2 is 2.00 bits per heavy atom. The van der Waals surface area contributed by atoms with Crippen LogP contribution in [0.25, 0.3) is 0 Å². The monoisotopic (exact) mass is 299 g/mol. The van der Waals surface area contributed by atoms with Crippen LogP contribution in [0.5, 0.6) is 0 Å². The van der Waals surface area contributed by atoms with Crippen molar-refractivity contribution in [1.29, 1.82) is 5.26 Å². The molecule has 19 heavy (non-hydrogen) atoms. The predicted molar refractivity (Wildman–Crippen MR) is 72.1 cm³/mol. The van der Waals surface area contributed by atoms with Crippen LogP contribution in [0, 0.1) is 11.3 Å². The Morgan fingerprint density at radius 3 is 2.58 bits per heavy atom. The van der Waals surface area contributed by atoms with Crippen LogP contribution in [-0.2, 0) is 10.0 Å². The van der Waals surface area contributed by atoms with E-state index in [9.17, 15) is 8.42 Å². The number of benzene rings is 1. The Hall–Kier alpha value is -1.13. The number of hydrogen-bond donors (Lipinski definition) is 1. The van der Waals surface area contributed by atoms with Gasteiger partial charge in [-0.25, -0.2) is 8.42 Å². The molecule has 5 nitrogen and oxygen atoms in total. The Morgan fingerprint density at radius 1 is 1.37 bits per heavy atom. The lowest BCUT2D eigenvalue weighted by Gasteiger charge is -2.29. The van der Waals surface area contributed by atoms with Gasteiger partial charge in [0.1, 0.15) is 11.0 Å². The standard InChI is InChI=1S/C12H14ClN3O2S/c13-11-2-1-3-12(10(11)8-14)19(17,18)16-6-4-9(15)5-7-16/h1-3,9H,4-7,15H2. The molecule has 1 fully saturated rings. The summed E-state index contributed by atoms with van der Waals surface area (Å²) in [6.45, 7) is 0.752. The van der Waals surface area contributed by atoms with Crippen molar-refractivity contribution in [3.8, 4) is 6.07 Å². The third-order valence-electron chi connectivity index (χ3n) is 3.20. The van der Waals surface area contributed by atoms with Crippen LogP contribution in [0.15, 0.2) is 23.1 Å². The minimum atomic E-state index is -3.68. The summed E-state index contributed by atoms with van der Waals surface area (Å²) in [7, 11) is -3.68. The third kappa shape index (κ3) is 2.74. The van der Waals surface area contributed by atoms with Gasteiger partial charge in [0.25, 0.3) is 0 Å². The van der Waals surface area contributed by atoms with Crippen molar-refractivity contribution < 1.29 is 8.42 Å². The summed E-state index contributed by atoms with van der Waals surface area (Å²) >= 11 is 5.87. The van der Waals surface area contributed by atoms with Crippen molar-refractivity contribution >= 4 is 21.6 Å². The minimum absolute atomic E-state index is 0.000890. The fraction of sp³-hybridized carbons (Fsp3) is 0.417. The first-order valence-corrected chi connectivity index (χ1v) is 7.73. The molecule has 0 unspecified atom stereocenters. The van der Waals surface area contributed by atoms with Crippen LogP contribution >= 0.6 is 11.6 Å².